The van der Waals surface area contributed by atoms with Crippen molar-refractivity contribution in [2.24, 2.45) is 56.7 Å². The Kier molecular flexibility index (Phi) is 8.99. The van der Waals surface area contributed by atoms with Crippen LogP contribution in [0, 0.1) is 56.7 Å². The molecule has 44 heavy (non-hydrogen) atoms. The quantitative estimate of drug-likeness (QED) is 0.166. The minimum Gasteiger partial charge on any atom is -0.481 e. The Labute approximate surface area is 266 Å². The Morgan fingerprint density at radius 3 is 2.36 bits per heavy atom. The predicted molar refractivity (Wildman–Crippen MR) is 172 cm³/mol. The molecule has 0 aromatic rings. The number of carboxylic acid groups (broad SMARTS) is 1. The highest BCUT2D eigenvalue weighted by molar-refractivity contribution is 5.73. The number of carbonyl (C=O) groups excluding carboxylic acids is 1. The molecular weight excluding hydrogens is 554 g/mol. The van der Waals surface area contributed by atoms with Crippen molar-refractivity contribution in [1.82, 2.24) is 5.32 Å². The van der Waals surface area contributed by atoms with Gasteiger partial charge in [-0.05, 0) is 78.4 Å². The number of allylic oxidation sites excluding steroid dienone is 1. The van der Waals surface area contributed by atoms with Crippen LogP contribution in [-0.4, -0.2) is 61.7 Å². The van der Waals surface area contributed by atoms with E-state index in [4.69, 9.17) is 14.2 Å². The van der Waals surface area contributed by atoms with Gasteiger partial charge in [0.15, 0.2) is 0 Å². The van der Waals surface area contributed by atoms with Crippen LogP contribution in [0.25, 0.3) is 0 Å². The normalized spacial score (nSPS) is 45.5. The molecule has 250 valence electrons. The van der Waals surface area contributed by atoms with Crippen molar-refractivity contribution in [1.29, 1.82) is 0 Å². The van der Waals surface area contributed by atoms with Crippen LogP contribution in [0.2, 0.25) is 0 Å². The fourth-order valence-corrected chi connectivity index (χ4v) is 11.7. The Bertz CT molecular complexity index is 1150. The molecule has 4 fully saturated rings. The van der Waals surface area contributed by atoms with Crippen molar-refractivity contribution in [2.45, 2.75) is 126 Å². The first-order chi connectivity index (χ1) is 20.5. The zero-order valence-electron chi connectivity index (χ0n) is 29.3. The van der Waals surface area contributed by atoms with Crippen LogP contribution in [0.15, 0.2) is 11.6 Å². The molecule has 7 nitrogen and oxygen atoms in total. The van der Waals surface area contributed by atoms with E-state index in [-0.39, 0.29) is 51.2 Å². The number of aliphatic carboxylic acids is 1. The van der Waals surface area contributed by atoms with E-state index in [9.17, 15) is 14.7 Å². The maximum atomic E-state index is 13.3. The number of carbonyl (C=O) groups is 2. The number of ether oxygens (including phenoxy) is 3. The highest BCUT2D eigenvalue weighted by atomic mass is 16.6. The van der Waals surface area contributed by atoms with Gasteiger partial charge in [0.1, 0.15) is 12.2 Å². The van der Waals surface area contributed by atoms with Crippen molar-refractivity contribution in [2.75, 3.05) is 26.4 Å². The molecule has 5 rings (SSSR count). The third-order valence-electron chi connectivity index (χ3n) is 14.3. The van der Waals surface area contributed by atoms with Gasteiger partial charge in [-0.3, -0.25) is 9.59 Å². The minimum atomic E-state index is -0.634. The lowest BCUT2D eigenvalue weighted by Crippen LogP contribution is -2.70. The molecule has 2 unspecified atom stereocenters. The highest BCUT2D eigenvalue weighted by Crippen LogP contribution is 2.75. The van der Waals surface area contributed by atoms with Gasteiger partial charge in [-0.25, -0.2) is 0 Å². The summed E-state index contributed by atoms with van der Waals surface area (Å²) in [6.07, 6.45) is 7.42. The van der Waals surface area contributed by atoms with E-state index in [2.05, 4.69) is 73.7 Å². The van der Waals surface area contributed by atoms with E-state index >= 15 is 0 Å². The van der Waals surface area contributed by atoms with Crippen LogP contribution in [-0.2, 0) is 23.8 Å². The molecule has 4 aliphatic carbocycles. The minimum absolute atomic E-state index is 0.142. The van der Waals surface area contributed by atoms with Crippen LogP contribution in [0.1, 0.15) is 108 Å². The summed E-state index contributed by atoms with van der Waals surface area (Å²) >= 11 is 0. The average Bonchev–Trinajstić information content (AvgIpc) is 2.91. The van der Waals surface area contributed by atoms with Crippen molar-refractivity contribution in [3.8, 4) is 0 Å². The van der Waals surface area contributed by atoms with Crippen LogP contribution in [0.4, 0.5) is 0 Å². The zero-order valence-corrected chi connectivity index (χ0v) is 29.3. The molecule has 1 aliphatic heterocycles. The Morgan fingerprint density at radius 2 is 1.75 bits per heavy atom. The number of nitrogens with one attached hydrogen (secondary N) is 1. The summed E-state index contributed by atoms with van der Waals surface area (Å²) in [4.78, 5) is 25.8. The van der Waals surface area contributed by atoms with Crippen LogP contribution in [0.5, 0.6) is 0 Å². The number of hydrogen-bond donors (Lipinski definition) is 2. The monoisotopic (exact) mass is 615 g/mol. The average molecular weight is 616 g/mol. The molecule has 1 saturated heterocycles. The summed E-state index contributed by atoms with van der Waals surface area (Å²) in [7, 11) is 0. The van der Waals surface area contributed by atoms with E-state index < -0.39 is 11.9 Å². The van der Waals surface area contributed by atoms with Crippen molar-refractivity contribution in [3.05, 3.63) is 11.6 Å². The predicted octanol–water partition coefficient (Wildman–Crippen LogP) is 6.89. The highest BCUT2D eigenvalue weighted by Gasteiger charge is 2.72. The third-order valence-corrected chi connectivity index (χ3v) is 14.3. The van der Waals surface area contributed by atoms with Gasteiger partial charge in [0.25, 0.3) is 0 Å². The van der Waals surface area contributed by atoms with Gasteiger partial charge in [-0.1, -0.05) is 74.0 Å². The van der Waals surface area contributed by atoms with Gasteiger partial charge in [-0.2, -0.15) is 0 Å². The molecule has 0 radical (unpaired) electrons. The number of carboxylic acids is 1. The van der Waals surface area contributed by atoms with Gasteiger partial charge in [-0.15, -0.1) is 0 Å². The molecule has 11 atom stereocenters. The number of hydrogen-bond acceptors (Lipinski definition) is 6. The van der Waals surface area contributed by atoms with Crippen molar-refractivity contribution in [3.63, 3.8) is 0 Å². The van der Waals surface area contributed by atoms with E-state index in [0.717, 1.165) is 38.6 Å². The number of rotatable bonds is 9. The lowest BCUT2D eigenvalue weighted by molar-refractivity contribution is -0.266. The second-order valence-electron chi connectivity index (χ2n) is 17.1. The SMILES string of the molecule is CC(=O)O[C@@H]1C[C@@]23COCC(C)(C2CC[C@H]2C3=CC[C@@]3(C)[C@H](C(=O)O)[C@@](C)([C@H](C)C(C)C)CC[C@]23C)[C@H]1OCCNC(C)C. The van der Waals surface area contributed by atoms with E-state index in [0.29, 0.717) is 50.0 Å². The summed E-state index contributed by atoms with van der Waals surface area (Å²) in [6.45, 7) is 24.3. The number of esters is 1. The van der Waals surface area contributed by atoms with Crippen molar-refractivity contribution < 1.29 is 28.9 Å². The van der Waals surface area contributed by atoms with E-state index in [1.807, 2.05) is 0 Å². The molecule has 0 spiro atoms. The smallest absolute Gasteiger partial charge is 0.307 e. The second kappa shape index (κ2) is 11.7. The standard InChI is InChI=1S/C37H61NO6/c1-22(2)24(5)33(7)15-16-35(9)26-11-12-29-34(8)20-42-21-37(29,27(26)13-14-36(35,10)30(33)32(40)41)19-28(44-25(6)39)31(34)43-18-17-38-23(3)4/h13,22-24,26,28-31,38H,11-12,14-21H2,1-10H3,(H,40,41)/t24-,26+,28-,29?,30-,31+,33-,34?,35-,36+,37+/m1/s1. The van der Waals surface area contributed by atoms with E-state index in [1.54, 1.807) is 0 Å². The topological polar surface area (TPSA) is 94.1 Å². The molecule has 0 amide bonds. The Balaban J connectivity index is 1.55. The summed E-state index contributed by atoms with van der Waals surface area (Å²) in [5.74, 6) is 0.0741. The molecule has 5 aliphatic rings. The lowest BCUT2D eigenvalue weighted by atomic mass is 9.34. The molecule has 2 N–H and O–H groups in total. The molecule has 7 heteroatoms. The van der Waals surface area contributed by atoms with Gasteiger partial charge >= 0.3 is 11.9 Å². The molecule has 1 heterocycles. The first-order valence-electron chi connectivity index (χ1n) is 17.5. The molecular formula is C37H61NO6. The largest absolute Gasteiger partial charge is 0.481 e. The summed E-state index contributed by atoms with van der Waals surface area (Å²) in [6, 6.07) is 0.378. The summed E-state index contributed by atoms with van der Waals surface area (Å²) in [5.41, 5.74) is 0.175. The molecule has 2 bridgehead atoms. The Hall–Kier alpha value is -1.44. The fraction of sp³-hybridized carbons (Fsp3) is 0.892. The molecule has 3 saturated carbocycles. The summed E-state index contributed by atoms with van der Waals surface area (Å²) < 4.78 is 19.3. The van der Waals surface area contributed by atoms with Gasteiger partial charge < -0.3 is 24.6 Å². The second-order valence-corrected chi connectivity index (χ2v) is 17.1. The van der Waals surface area contributed by atoms with Crippen LogP contribution < -0.4 is 5.32 Å². The van der Waals surface area contributed by atoms with Crippen molar-refractivity contribution >= 4 is 11.9 Å². The maximum absolute atomic E-state index is 13.3. The van der Waals surface area contributed by atoms with Gasteiger partial charge in [0.2, 0.25) is 0 Å². The third kappa shape index (κ3) is 4.92. The summed E-state index contributed by atoms with van der Waals surface area (Å²) in [5, 5.41) is 14.4. The van der Waals surface area contributed by atoms with Gasteiger partial charge in [0, 0.05) is 30.3 Å². The zero-order chi connectivity index (χ0) is 32.5. The molecule has 0 aromatic heterocycles. The van der Waals surface area contributed by atoms with Crippen LogP contribution >= 0.6 is 0 Å². The number of fused-ring (bicyclic) bond motifs is 3. The first-order valence-corrected chi connectivity index (χ1v) is 17.5. The van der Waals surface area contributed by atoms with E-state index in [1.165, 1.54) is 12.5 Å². The van der Waals surface area contributed by atoms with Crippen LogP contribution in [0.3, 0.4) is 0 Å². The molecule has 0 aromatic carbocycles. The first kappa shape index (κ1) is 33.9. The maximum Gasteiger partial charge on any atom is 0.307 e. The Morgan fingerprint density at radius 1 is 1.05 bits per heavy atom. The fourth-order valence-electron chi connectivity index (χ4n) is 11.7. The van der Waals surface area contributed by atoms with Gasteiger partial charge in [0.05, 0.1) is 25.7 Å². The lowest BCUT2D eigenvalue weighted by Gasteiger charge is -2.71.